The Hall–Kier alpha value is -2.53. The summed E-state index contributed by atoms with van der Waals surface area (Å²) < 4.78 is 1.48. The maximum atomic E-state index is 12.1. The zero-order chi connectivity index (χ0) is 15.7. The van der Waals surface area contributed by atoms with Gasteiger partial charge in [0.1, 0.15) is 5.69 Å². The summed E-state index contributed by atoms with van der Waals surface area (Å²) in [7, 11) is 1.68. The number of aromatic amines is 1. The number of nitrogens with one attached hydrogen (secondary N) is 2. The van der Waals surface area contributed by atoms with Crippen molar-refractivity contribution in [3.63, 3.8) is 0 Å². The number of aryl methyl sites for hydroxylation is 1. The number of H-pyrrole nitrogens is 1. The molecular weight excluding hydrogens is 302 g/mol. The van der Waals surface area contributed by atoms with Crippen molar-refractivity contribution in [2.45, 2.75) is 6.54 Å². The Morgan fingerprint density at radius 1 is 1.23 bits per heavy atom. The molecule has 5 nitrogen and oxygen atoms in total. The van der Waals surface area contributed by atoms with E-state index >= 15 is 0 Å². The fourth-order valence-electron chi connectivity index (χ4n) is 2.29. The number of halogens is 1. The minimum absolute atomic E-state index is 0.136. The SMILES string of the molecule is Cn1cccc(NCc2cc3cccc(Cl)c3[nH]c2=O)c1=O. The van der Waals surface area contributed by atoms with Crippen molar-refractivity contribution in [1.29, 1.82) is 0 Å². The van der Waals surface area contributed by atoms with Crippen LogP contribution in [0.5, 0.6) is 0 Å². The standard InChI is InChI=1S/C16H14ClN3O2/c1-20-7-3-6-13(16(20)22)18-9-11-8-10-4-2-5-12(17)14(10)19-15(11)21/h2-8,18H,9H2,1H3,(H,19,21). The highest BCUT2D eigenvalue weighted by atomic mass is 35.5. The fraction of sp³-hybridized carbons (Fsp3) is 0.125. The van der Waals surface area contributed by atoms with E-state index in [0.717, 1.165) is 5.39 Å². The smallest absolute Gasteiger partial charge is 0.273 e. The maximum absolute atomic E-state index is 12.1. The lowest BCUT2D eigenvalue weighted by Crippen LogP contribution is -2.22. The van der Waals surface area contributed by atoms with Crippen LogP contribution in [0.1, 0.15) is 5.56 Å². The van der Waals surface area contributed by atoms with Crippen molar-refractivity contribution in [1.82, 2.24) is 9.55 Å². The minimum Gasteiger partial charge on any atom is -0.376 e. The van der Waals surface area contributed by atoms with E-state index in [1.165, 1.54) is 4.57 Å². The summed E-state index contributed by atoms with van der Waals surface area (Å²) in [5.74, 6) is 0. The molecule has 3 rings (SSSR count). The van der Waals surface area contributed by atoms with Crippen molar-refractivity contribution < 1.29 is 0 Å². The van der Waals surface area contributed by atoms with Gasteiger partial charge in [-0.05, 0) is 24.3 Å². The van der Waals surface area contributed by atoms with E-state index in [2.05, 4.69) is 10.3 Å². The number of pyridine rings is 2. The number of rotatable bonds is 3. The zero-order valence-electron chi connectivity index (χ0n) is 11.9. The lowest BCUT2D eigenvalue weighted by atomic mass is 10.1. The third-order valence-electron chi connectivity index (χ3n) is 3.50. The van der Waals surface area contributed by atoms with Crippen LogP contribution in [0.2, 0.25) is 5.02 Å². The van der Waals surface area contributed by atoms with Gasteiger partial charge in [0, 0.05) is 30.7 Å². The first-order valence-electron chi connectivity index (χ1n) is 6.76. The van der Waals surface area contributed by atoms with Crippen LogP contribution in [0.3, 0.4) is 0 Å². The number of anilines is 1. The van der Waals surface area contributed by atoms with Gasteiger partial charge in [-0.2, -0.15) is 0 Å². The maximum Gasteiger partial charge on any atom is 0.273 e. The Morgan fingerprint density at radius 2 is 2.05 bits per heavy atom. The Balaban J connectivity index is 1.94. The number of aromatic nitrogens is 2. The first-order chi connectivity index (χ1) is 10.6. The molecule has 6 heteroatoms. The van der Waals surface area contributed by atoms with Gasteiger partial charge in [0.05, 0.1) is 10.5 Å². The summed E-state index contributed by atoms with van der Waals surface area (Å²) in [4.78, 5) is 26.8. The lowest BCUT2D eigenvalue weighted by molar-refractivity contribution is 0.858. The monoisotopic (exact) mass is 315 g/mol. The highest BCUT2D eigenvalue weighted by Crippen LogP contribution is 2.20. The predicted molar refractivity (Wildman–Crippen MR) is 88.6 cm³/mol. The number of fused-ring (bicyclic) bond motifs is 1. The third-order valence-corrected chi connectivity index (χ3v) is 3.81. The molecule has 0 aliphatic carbocycles. The number of hydrogen-bond donors (Lipinski definition) is 2. The van der Waals surface area contributed by atoms with Gasteiger partial charge in [0.15, 0.2) is 0 Å². The Labute approximate surface area is 131 Å². The third kappa shape index (κ3) is 2.63. The predicted octanol–water partition coefficient (Wildman–Crippen LogP) is 2.49. The van der Waals surface area contributed by atoms with E-state index in [9.17, 15) is 9.59 Å². The molecule has 1 aromatic carbocycles. The van der Waals surface area contributed by atoms with Crippen LogP contribution in [-0.2, 0) is 13.6 Å². The van der Waals surface area contributed by atoms with E-state index in [4.69, 9.17) is 11.6 Å². The Morgan fingerprint density at radius 3 is 2.86 bits per heavy atom. The average Bonchev–Trinajstić information content (AvgIpc) is 2.50. The molecule has 0 amide bonds. The van der Waals surface area contributed by atoms with Crippen molar-refractivity contribution in [2.75, 3.05) is 5.32 Å². The first-order valence-corrected chi connectivity index (χ1v) is 7.14. The molecule has 0 radical (unpaired) electrons. The van der Waals surface area contributed by atoms with Gasteiger partial charge in [0.25, 0.3) is 11.1 Å². The molecule has 22 heavy (non-hydrogen) atoms. The molecule has 0 atom stereocenters. The molecule has 0 aliphatic heterocycles. The number of benzene rings is 1. The van der Waals surface area contributed by atoms with Crippen molar-refractivity contribution in [3.05, 3.63) is 73.9 Å². The van der Waals surface area contributed by atoms with Gasteiger partial charge in [-0.15, -0.1) is 0 Å². The number of nitrogens with zero attached hydrogens (tertiary/aromatic N) is 1. The quantitative estimate of drug-likeness (QED) is 0.780. The second-order valence-electron chi connectivity index (χ2n) is 5.02. The summed E-state index contributed by atoms with van der Waals surface area (Å²) >= 11 is 6.06. The van der Waals surface area contributed by atoms with Gasteiger partial charge in [-0.25, -0.2) is 0 Å². The van der Waals surface area contributed by atoms with E-state index in [1.54, 1.807) is 37.5 Å². The fourth-order valence-corrected chi connectivity index (χ4v) is 2.52. The van der Waals surface area contributed by atoms with Crippen LogP contribution >= 0.6 is 11.6 Å². The van der Waals surface area contributed by atoms with E-state index in [0.29, 0.717) is 21.8 Å². The largest absolute Gasteiger partial charge is 0.376 e. The summed E-state index contributed by atoms with van der Waals surface area (Å²) in [6.45, 7) is 0.261. The van der Waals surface area contributed by atoms with Gasteiger partial charge in [0.2, 0.25) is 0 Å². The van der Waals surface area contributed by atoms with Crippen molar-refractivity contribution in [2.24, 2.45) is 7.05 Å². The second-order valence-corrected chi connectivity index (χ2v) is 5.43. The van der Waals surface area contributed by atoms with Crippen LogP contribution in [0.4, 0.5) is 5.69 Å². The topological polar surface area (TPSA) is 66.9 Å². The molecule has 0 saturated carbocycles. The molecule has 0 unspecified atom stereocenters. The van der Waals surface area contributed by atoms with Gasteiger partial charge >= 0.3 is 0 Å². The summed E-state index contributed by atoms with van der Waals surface area (Å²) in [6, 6.07) is 10.7. The summed E-state index contributed by atoms with van der Waals surface area (Å²) in [6.07, 6.45) is 1.68. The van der Waals surface area contributed by atoms with Crippen LogP contribution in [-0.4, -0.2) is 9.55 Å². The molecule has 0 fully saturated rings. The van der Waals surface area contributed by atoms with E-state index in [1.807, 2.05) is 12.1 Å². The van der Waals surface area contributed by atoms with Crippen LogP contribution in [0.25, 0.3) is 10.9 Å². The molecule has 0 bridgehead atoms. The summed E-state index contributed by atoms with van der Waals surface area (Å²) in [5, 5.41) is 4.36. The molecule has 0 saturated heterocycles. The highest BCUT2D eigenvalue weighted by Gasteiger charge is 2.06. The molecule has 2 heterocycles. The molecule has 2 aromatic heterocycles. The molecule has 0 spiro atoms. The second kappa shape index (κ2) is 5.69. The zero-order valence-corrected chi connectivity index (χ0v) is 12.6. The van der Waals surface area contributed by atoms with Crippen molar-refractivity contribution >= 4 is 28.2 Å². The van der Waals surface area contributed by atoms with Gasteiger partial charge < -0.3 is 14.9 Å². The van der Waals surface area contributed by atoms with Crippen LogP contribution < -0.4 is 16.4 Å². The van der Waals surface area contributed by atoms with Gasteiger partial charge in [-0.3, -0.25) is 9.59 Å². The van der Waals surface area contributed by atoms with E-state index < -0.39 is 0 Å². The average molecular weight is 316 g/mol. The lowest BCUT2D eigenvalue weighted by Gasteiger charge is -2.08. The van der Waals surface area contributed by atoms with Crippen LogP contribution in [0.15, 0.2) is 52.2 Å². The first kappa shape index (κ1) is 14.4. The summed E-state index contributed by atoms with van der Waals surface area (Å²) in [5.41, 5.74) is 1.26. The molecule has 3 aromatic rings. The van der Waals surface area contributed by atoms with Gasteiger partial charge in [-0.1, -0.05) is 23.7 Å². The number of para-hydroxylation sites is 1. The Bertz CT molecular complexity index is 959. The van der Waals surface area contributed by atoms with E-state index in [-0.39, 0.29) is 17.7 Å². The molecule has 0 aliphatic rings. The van der Waals surface area contributed by atoms with Crippen molar-refractivity contribution in [3.8, 4) is 0 Å². The highest BCUT2D eigenvalue weighted by molar-refractivity contribution is 6.35. The van der Waals surface area contributed by atoms with Crippen LogP contribution in [0, 0.1) is 0 Å². The molecule has 112 valence electrons. The Kier molecular flexibility index (Phi) is 3.73. The molecule has 2 N–H and O–H groups in total. The molecular formula is C16H14ClN3O2. The normalized spacial score (nSPS) is 10.8. The number of hydrogen-bond acceptors (Lipinski definition) is 3. The minimum atomic E-state index is -0.221.